The summed E-state index contributed by atoms with van der Waals surface area (Å²) in [6, 6.07) is 2.58. The van der Waals surface area contributed by atoms with Gasteiger partial charge in [-0.3, -0.25) is 4.79 Å². The van der Waals surface area contributed by atoms with E-state index >= 15 is 0 Å². The van der Waals surface area contributed by atoms with Crippen molar-refractivity contribution in [2.75, 3.05) is 36.4 Å². The van der Waals surface area contributed by atoms with Crippen molar-refractivity contribution < 1.29 is 4.79 Å². The van der Waals surface area contributed by atoms with Gasteiger partial charge in [-0.25, -0.2) is 9.97 Å². The molecule has 2 fully saturated rings. The molecule has 0 radical (unpaired) electrons. The zero-order valence-electron chi connectivity index (χ0n) is 13.1. The van der Waals surface area contributed by atoms with E-state index in [0.29, 0.717) is 6.04 Å². The Kier molecular flexibility index (Phi) is 5.08. The number of piperazine rings is 1. The number of carbonyl (C=O) groups excluding carboxylic acids is 1. The molecule has 1 aliphatic heterocycles. The molecule has 0 aromatic carbocycles. The van der Waals surface area contributed by atoms with Crippen molar-refractivity contribution in [1.82, 2.24) is 14.9 Å². The standard InChI is InChI=1S/C16H25N5O/c22-13-20-7-9-21(10-8-20)16-11-15(17-12-18-16)19-14-5-3-1-2-4-6-14/h11-14H,1-10H2,(H,17,18,19). The van der Waals surface area contributed by atoms with E-state index in [4.69, 9.17) is 0 Å². The minimum Gasteiger partial charge on any atom is -0.367 e. The highest BCUT2D eigenvalue weighted by molar-refractivity contribution is 5.51. The van der Waals surface area contributed by atoms with Gasteiger partial charge in [0.15, 0.2) is 0 Å². The summed E-state index contributed by atoms with van der Waals surface area (Å²) >= 11 is 0. The van der Waals surface area contributed by atoms with Crippen LogP contribution in [0.4, 0.5) is 11.6 Å². The lowest BCUT2D eigenvalue weighted by Gasteiger charge is -2.33. The molecule has 3 rings (SSSR count). The Bertz CT molecular complexity index is 479. The highest BCUT2D eigenvalue weighted by Gasteiger charge is 2.18. The lowest BCUT2D eigenvalue weighted by Crippen LogP contribution is -2.46. The van der Waals surface area contributed by atoms with Gasteiger partial charge < -0.3 is 15.1 Å². The van der Waals surface area contributed by atoms with Gasteiger partial charge in [0.05, 0.1) is 0 Å². The fourth-order valence-electron chi connectivity index (χ4n) is 3.29. The maximum Gasteiger partial charge on any atom is 0.209 e. The van der Waals surface area contributed by atoms with Gasteiger partial charge in [0.1, 0.15) is 18.0 Å². The third-order valence-corrected chi connectivity index (χ3v) is 4.65. The summed E-state index contributed by atoms with van der Waals surface area (Å²) in [6.45, 7) is 3.19. The Morgan fingerprint density at radius 2 is 1.77 bits per heavy atom. The monoisotopic (exact) mass is 303 g/mol. The Hall–Kier alpha value is -1.85. The van der Waals surface area contributed by atoms with Gasteiger partial charge in [0, 0.05) is 38.3 Å². The minimum absolute atomic E-state index is 0.539. The van der Waals surface area contributed by atoms with E-state index in [2.05, 4.69) is 20.2 Å². The molecule has 0 bridgehead atoms. The van der Waals surface area contributed by atoms with Crippen LogP contribution in [0.2, 0.25) is 0 Å². The van der Waals surface area contributed by atoms with Crippen molar-refractivity contribution in [1.29, 1.82) is 0 Å². The molecule has 1 aromatic rings. The van der Waals surface area contributed by atoms with Crippen molar-refractivity contribution in [3.05, 3.63) is 12.4 Å². The van der Waals surface area contributed by atoms with Crippen LogP contribution in [0.1, 0.15) is 38.5 Å². The van der Waals surface area contributed by atoms with Crippen molar-refractivity contribution >= 4 is 18.0 Å². The van der Waals surface area contributed by atoms with E-state index in [9.17, 15) is 4.79 Å². The number of nitrogens with zero attached hydrogens (tertiary/aromatic N) is 4. The molecule has 2 heterocycles. The lowest BCUT2D eigenvalue weighted by molar-refractivity contribution is -0.118. The summed E-state index contributed by atoms with van der Waals surface area (Å²) in [4.78, 5) is 23.6. The number of anilines is 2. The first-order valence-electron chi connectivity index (χ1n) is 8.38. The topological polar surface area (TPSA) is 61.4 Å². The average molecular weight is 303 g/mol. The van der Waals surface area contributed by atoms with Crippen LogP contribution in [0.25, 0.3) is 0 Å². The molecule has 6 nitrogen and oxygen atoms in total. The fourth-order valence-corrected chi connectivity index (χ4v) is 3.29. The Morgan fingerprint density at radius 1 is 1.05 bits per heavy atom. The molecule has 22 heavy (non-hydrogen) atoms. The zero-order chi connectivity index (χ0) is 15.2. The van der Waals surface area contributed by atoms with Gasteiger partial charge >= 0.3 is 0 Å². The third kappa shape index (κ3) is 3.87. The summed E-state index contributed by atoms with van der Waals surface area (Å²) in [7, 11) is 0. The van der Waals surface area contributed by atoms with Gasteiger partial charge in [0.25, 0.3) is 0 Å². The van der Waals surface area contributed by atoms with Gasteiger partial charge in [0.2, 0.25) is 6.41 Å². The van der Waals surface area contributed by atoms with Crippen molar-refractivity contribution in [2.24, 2.45) is 0 Å². The fraction of sp³-hybridized carbons (Fsp3) is 0.688. The molecule has 1 saturated heterocycles. The normalized spacial score (nSPS) is 20.5. The van der Waals surface area contributed by atoms with Crippen LogP contribution in [-0.4, -0.2) is 53.5 Å². The van der Waals surface area contributed by atoms with Crippen LogP contribution in [0.15, 0.2) is 12.4 Å². The van der Waals surface area contributed by atoms with Gasteiger partial charge in [-0.1, -0.05) is 25.7 Å². The van der Waals surface area contributed by atoms with E-state index < -0.39 is 0 Å². The van der Waals surface area contributed by atoms with Crippen LogP contribution in [-0.2, 0) is 4.79 Å². The first kappa shape index (κ1) is 15.1. The van der Waals surface area contributed by atoms with Crippen LogP contribution in [0, 0.1) is 0 Å². The number of carbonyl (C=O) groups is 1. The predicted octanol–water partition coefficient (Wildman–Crippen LogP) is 1.89. The second-order valence-corrected chi connectivity index (χ2v) is 6.22. The molecule has 1 aromatic heterocycles. The Balaban J connectivity index is 1.61. The highest BCUT2D eigenvalue weighted by atomic mass is 16.1. The maximum absolute atomic E-state index is 10.8. The summed E-state index contributed by atoms with van der Waals surface area (Å²) in [6.07, 6.45) is 10.4. The molecule has 0 atom stereocenters. The van der Waals surface area contributed by atoms with Crippen LogP contribution in [0.3, 0.4) is 0 Å². The number of rotatable bonds is 4. The van der Waals surface area contributed by atoms with Crippen LogP contribution in [0.5, 0.6) is 0 Å². The molecule has 1 amide bonds. The number of nitrogens with one attached hydrogen (secondary N) is 1. The van der Waals surface area contributed by atoms with Crippen molar-refractivity contribution in [3.63, 3.8) is 0 Å². The summed E-state index contributed by atoms with van der Waals surface area (Å²) < 4.78 is 0. The molecule has 1 aliphatic carbocycles. The quantitative estimate of drug-likeness (QED) is 0.680. The zero-order valence-corrected chi connectivity index (χ0v) is 13.1. The van der Waals surface area contributed by atoms with Gasteiger partial charge in [-0.15, -0.1) is 0 Å². The summed E-state index contributed by atoms with van der Waals surface area (Å²) in [5.74, 6) is 1.88. The van der Waals surface area contributed by atoms with Crippen LogP contribution >= 0.6 is 0 Å². The minimum atomic E-state index is 0.539. The molecule has 6 heteroatoms. The van der Waals surface area contributed by atoms with Crippen LogP contribution < -0.4 is 10.2 Å². The van der Waals surface area contributed by atoms with E-state index in [1.165, 1.54) is 38.5 Å². The Morgan fingerprint density at radius 3 is 2.45 bits per heavy atom. The van der Waals surface area contributed by atoms with E-state index in [1.54, 1.807) is 6.33 Å². The SMILES string of the molecule is O=CN1CCN(c2cc(NC3CCCCCC3)ncn2)CC1. The number of aromatic nitrogens is 2. The second kappa shape index (κ2) is 7.42. The number of hydrogen-bond donors (Lipinski definition) is 1. The van der Waals surface area contributed by atoms with Crippen molar-refractivity contribution in [2.45, 2.75) is 44.6 Å². The first-order chi connectivity index (χ1) is 10.8. The van der Waals surface area contributed by atoms with Gasteiger partial charge in [-0.2, -0.15) is 0 Å². The average Bonchev–Trinajstić information content (AvgIpc) is 2.84. The van der Waals surface area contributed by atoms with E-state index in [-0.39, 0.29) is 0 Å². The summed E-state index contributed by atoms with van der Waals surface area (Å²) in [5.41, 5.74) is 0. The largest absolute Gasteiger partial charge is 0.367 e. The predicted molar refractivity (Wildman–Crippen MR) is 87.0 cm³/mol. The van der Waals surface area contributed by atoms with Gasteiger partial charge in [-0.05, 0) is 12.8 Å². The lowest BCUT2D eigenvalue weighted by atomic mass is 10.1. The van der Waals surface area contributed by atoms with E-state index in [0.717, 1.165) is 44.2 Å². The Labute approximate surface area is 131 Å². The maximum atomic E-state index is 10.8. The smallest absolute Gasteiger partial charge is 0.209 e. The highest BCUT2D eigenvalue weighted by Crippen LogP contribution is 2.22. The second-order valence-electron chi connectivity index (χ2n) is 6.22. The summed E-state index contributed by atoms with van der Waals surface area (Å²) in [5, 5.41) is 3.58. The number of hydrogen-bond acceptors (Lipinski definition) is 5. The van der Waals surface area contributed by atoms with E-state index in [1.807, 2.05) is 11.0 Å². The molecule has 0 unspecified atom stereocenters. The molecule has 2 aliphatic rings. The molecule has 120 valence electrons. The molecule has 1 saturated carbocycles. The first-order valence-corrected chi connectivity index (χ1v) is 8.38. The molecule has 0 spiro atoms. The molecule has 1 N–H and O–H groups in total. The number of amides is 1. The van der Waals surface area contributed by atoms with Crippen molar-refractivity contribution in [3.8, 4) is 0 Å². The third-order valence-electron chi connectivity index (χ3n) is 4.65. The molecular formula is C16H25N5O. The molecular weight excluding hydrogens is 278 g/mol.